The molecule has 1 fully saturated rings. The smallest absolute Gasteiger partial charge is 0.254 e. The number of rotatable bonds is 6. The fourth-order valence-electron chi connectivity index (χ4n) is 3.19. The molecule has 0 bridgehead atoms. The van der Waals surface area contributed by atoms with Crippen LogP contribution in [0.3, 0.4) is 0 Å². The van der Waals surface area contributed by atoms with Gasteiger partial charge >= 0.3 is 0 Å². The van der Waals surface area contributed by atoms with Gasteiger partial charge in [-0.25, -0.2) is 4.98 Å². The highest BCUT2D eigenvalue weighted by molar-refractivity contribution is 5.93. The van der Waals surface area contributed by atoms with Crippen molar-refractivity contribution in [2.24, 2.45) is 0 Å². The Morgan fingerprint density at radius 1 is 1.15 bits per heavy atom. The zero-order chi connectivity index (χ0) is 18.4. The highest BCUT2D eigenvalue weighted by Gasteiger charge is 2.21. The van der Waals surface area contributed by atoms with E-state index in [2.05, 4.69) is 40.2 Å². The number of hydrogen-bond donors (Lipinski definition) is 0. The number of pyridine rings is 1. The van der Waals surface area contributed by atoms with Gasteiger partial charge in [-0.3, -0.25) is 4.79 Å². The highest BCUT2D eigenvalue weighted by atomic mass is 16.5. The van der Waals surface area contributed by atoms with E-state index < -0.39 is 0 Å². The first kappa shape index (κ1) is 18.4. The Morgan fingerprint density at radius 2 is 1.88 bits per heavy atom. The quantitative estimate of drug-likeness (QED) is 0.801. The first-order valence-corrected chi connectivity index (χ1v) is 9.22. The monoisotopic (exact) mass is 353 g/mol. The van der Waals surface area contributed by atoms with Crippen LogP contribution in [0.25, 0.3) is 0 Å². The van der Waals surface area contributed by atoms with Crippen LogP contribution < -0.4 is 4.74 Å². The van der Waals surface area contributed by atoms with Crippen molar-refractivity contribution in [2.45, 2.75) is 25.4 Å². The number of benzene rings is 1. The number of aromatic nitrogens is 1. The summed E-state index contributed by atoms with van der Waals surface area (Å²) in [5.74, 6) is 0.554. The maximum absolute atomic E-state index is 11.9. The van der Waals surface area contributed by atoms with Gasteiger partial charge < -0.3 is 14.5 Å². The van der Waals surface area contributed by atoms with Crippen LogP contribution in [-0.4, -0.2) is 60.5 Å². The fraction of sp³-hybridized carbons (Fsp3) is 0.429. The number of hydrogen-bond acceptors (Lipinski definition) is 4. The molecule has 0 radical (unpaired) electrons. The standard InChI is InChI=1S/C21H27N3O2/c1-23(2)21(25)18-8-9-20(22-16-18)26-19-11-14-24(15-12-19)13-10-17-6-4-3-5-7-17/h3-9,16,19H,10-15H2,1-2H3. The zero-order valence-electron chi connectivity index (χ0n) is 15.6. The van der Waals surface area contributed by atoms with Gasteiger partial charge in [0.05, 0.1) is 5.56 Å². The molecule has 0 saturated carbocycles. The maximum Gasteiger partial charge on any atom is 0.254 e. The molecule has 0 aliphatic carbocycles. The molecule has 0 spiro atoms. The van der Waals surface area contributed by atoms with Gasteiger partial charge in [-0.2, -0.15) is 0 Å². The summed E-state index contributed by atoms with van der Waals surface area (Å²) in [5, 5.41) is 0. The molecule has 5 heteroatoms. The number of amides is 1. The summed E-state index contributed by atoms with van der Waals surface area (Å²) in [7, 11) is 3.47. The second-order valence-corrected chi connectivity index (χ2v) is 6.98. The number of carbonyl (C=O) groups excluding carboxylic acids is 1. The SMILES string of the molecule is CN(C)C(=O)c1ccc(OC2CCN(CCc3ccccc3)CC2)nc1. The summed E-state index contributed by atoms with van der Waals surface area (Å²) in [4.78, 5) is 20.2. The lowest BCUT2D eigenvalue weighted by atomic mass is 10.1. The molecule has 26 heavy (non-hydrogen) atoms. The van der Waals surface area contributed by atoms with Gasteiger partial charge in [-0.05, 0) is 30.9 Å². The Morgan fingerprint density at radius 3 is 2.50 bits per heavy atom. The highest BCUT2D eigenvalue weighted by Crippen LogP contribution is 2.18. The largest absolute Gasteiger partial charge is 0.474 e. The molecule has 0 atom stereocenters. The van der Waals surface area contributed by atoms with E-state index in [0.717, 1.165) is 38.9 Å². The zero-order valence-corrected chi connectivity index (χ0v) is 15.6. The molecular formula is C21H27N3O2. The van der Waals surface area contributed by atoms with E-state index >= 15 is 0 Å². The van der Waals surface area contributed by atoms with E-state index in [1.165, 1.54) is 5.56 Å². The minimum absolute atomic E-state index is 0.0456. The lowest BCUT2D eigenvalue weighted by Crippen LogP contribution is -2.39. The summed E-state index contributed by atoms with van der Waals surface area (Å²) in [6.45, 7) is 3.19. The summed E-state index contributed by atoms with van der Waals surface area (Å²) in [6, 6.07) is 14.2. The molecule has 2 aromatic rings. The Balaban J connectivity index is 1.43. The van der Waals surface area contributed by atoms with Crippen LogP contribution in [-0.2, 0) is 6.42 Å². The van der Waals surface area contributed by atoms with E-state index in [9.17, 15) is 4.79 Å². The predicted octanol–water partition coefficient (Wildman–Crippen LogP) is 2.87. The van der Waals surface area contributed by atoms with Gasteiger partial charge in [0.15, 0.2) is 0 Å². The summed E-state index contributed by atoms with van der Waals surface area (Å²) >= 11 is 0. The third kappa shape index (κ3) is 5.05. The predicted molar refractivity (Wildman–Crippen MR) is 102 cm³/mol. The van der Waals surface area contributed by atoms with Crippen LogP contribution in [0.1, 0.15) is 28.8 Å². The van der Waals surface area contributed by atoms with E-state index in [4.69, 9.17) is 4.74 Å². The third-order valence-electron chi connectivity index (χ3n) is 4.77. The molecule has 2 heterocycles. The number of carbonyl (C=O) groups is 1. The molecule has 5 nitrogen and oxygen atoms in total. The Bertz CT molecular complexity index is 693. The third-order valence-corrected chi connectivity index (χ3v) is 4.77. The van der Waals surface area contributed by atoms with Crippen molar-refractivity contribution in [1.82, 2.24) is 14.8 Å². The minimum Gasteiger partial charge on any atom is -0.474 e. The number of ether oxygens (including phenoxy) is 1. The van der Waals surface area contributed by atoms with Crippen molar-refractivity contribution < 1.29 is 9.53 Å². The van der Waals surface area contributed by atoms with Crippen molar-refractivity contribution in [3.63, 3.8) is 0 Å². The van der Waals surface area contributed by atoms with Gasteiger partial charge in [-0.15, -0.1) is 0 Å². The summed E-state index contributed by atoms with van der Waals surface area (Å²) in [5.41, 5.74) is 1.97. The van der Waals surface area contributed by atoms with Gasteiger partial charge in [0.1, 0.15) is 6.10 Å². The summed E-state index contributed by atoms with van der Waals surface area (Å²) in [6.07, 6.45) is 4.90. The average molecular weight is 353 g/mol. The van der Waals surface area contributed by atoms with Gasteiger partial charge in [0, 0.05) is 46.0 Å². The minimum atomic E-state index is -0.0456. The molecule has 1 aliphatic rings. The van der Waals surface area contributed by atoms with Crippen LogP contribution in [0.5, 0.6) is 5.88 Å². The Hall–Kier alpha value is -2.40. The molecule has 138 valence electrons. The number of likely N-dealkylation sites (tertiary alicyclic amines) is 1. The van der Waals surface area contributed by atoms with E-state index in [-0.39, 0.29) is 12.0 Å². The van der Waals surface area contributed by atoms with Crippen molar-refractivity contribution >= 4 is 5.91 Å². The average Bonchev–Trinajstić information content (AvgIpc) is 2.68. The van der Waals surface area contributed by atoms with Gasteiger partial charge in [0.2, 0.25) is 5.88 Å². The first-order valence-electron chi connectivity index (χ1n) is 9.22. The van der Waals surface area contributed by atoms with Crippen molar-refractivity contribution in [1.29, 1.82) is 0 Å². The number of piperidine rings is 1. The molecule has 0 unspecified atom stereocenters. The van der Waals surface area contributed by atoms with Crippen LogP contribution in [0.15, 0.2) is 48.7 Å². The van der Waals surface area contributed by atoms with E-state index in [1.54, 1.807) is 37.3 Å². The van der Waals surface area contributed by atoms with Crippen LogP contribution in [0, 0.1) is 0 Å². The fourth-order valence-corrected chi connectivity index (χ4v) is 3.19. The van der Waals surface area contributed by atoms with E-state index in [1.807, 2.05) is 0 Å². The van der Waals surface area contributed by atoms with Crippen molar-refractivity contribution in [2.75, 3.05) is 33.7 Å². The topological polar surface area (TPSA) is 45.7 Å². The molecule has 3 rings (SSSR count). The Labute approximate surface area is 155 Å². The maximum atomic E-state index is 11.9. The normalized spacial score (nSPS) is 15.6. The summed E-state index contributed by atoms with van der Waals surface area (Å²) < 4.78 is 6.00. The molecule has 1 aliphatic heterocycles. The Kier molecular flexibility index (Phi) is 6.23. The number of nitrogens with zero attached hydrogens (tertiary/aromatic N) is 3. The van der Waals surface area contributed by atoms with E-state index in [0.29, 0.717) is 11.4 Å². The molecule has 1 aromatic heterocycles. The van der Waals surface area contributed by atoms with Gasteiger partial charge in [-0.1, -0.05) is 30.3 Å². The van der Waals surface area contributed by atoms with Crippen LogP contribution >= 0.6 is 0 Å². The second kappa shape index (κ2) is 8.81. The molecule has 1 saturated heterocycles. The van der Waals surface area contributed by atoms with Gasteiger partial charge in [0.25, 0.3) is 5.91 Å². The van der Waals surface area contributed by atoms with Crippen LogP contribution in [0.2, 0.25) is 0 Å². The first-order chi connectivity index (χ1) is 12.6. The molecular weight excluding hydrogens is 326 g/mol. The van der Waals surface area contributed by atoms with Crippen molar-refractivity contribution in [3.05, 3.63) is 59.8 Å². The van der Waals surface area contributed by atoms with Crippen LogP contribution in [0.4, 0.5) is 0 Å². The van der Waals surface area contributed by atoms with Crippen molar-refractivity contribution in [3.8, 4) is 5.88 Å². The molecule has 1 aromatic carbocycles. The second-order valence-electron chi connectivity index (χ2n) is 6.98. The molecule has 1 amide bonds. The lowest BCUT2D eigenvalue weighted by Gasteiger charge is -2.31. The lowest BCUT2D eigenvalue weighted by molar-refractivity contribution is 0.0826. The molecule has 0 N–H and O–H groups in total.